The topological polar surface area (TPSA) is 74.0 Å². The standard InChI is InChI=1S/C25H29N3O2S/c1-15(18-7-4-5-9-20(18)29)11-12-16(2)26-25-27-19-8-6-10-21(30)23(19)24(28-25)22-14-13-17(3)31-22/h4-5,7,9,12-15,23-24,29H,6,8,10-11H2,1-3H3,(H,26,28). The van der Waals surface area contributed by atoms with E-state index >= 15 is 0 Å². The molecular formula is C25H29N3O2S. The summed E-state index contributed by atoms with van der Waals surface area (Å²) in [6.45, 7) is 6.18. The third-order valence-corrected chi connectivity index (χ3v) is 7.07. The number of phenolic OH excluding ortho intramolecular Hbond substituents is 1. The third kappa shape index (κ3) is 4.79. The van der Waals surface area contributed by atoms with E-state index in [0.29, 0.717) is 18.1 Å². The third-order valence-electron chi connectivity index (χ3n) is 6.00. The van der Waals surface area contributed by atoms with Gasteiger partial charge in [0.2, 0.25) is 5.96 Å². The fourth-order valence-electron chi connectivity index (χ4n) is 4.31. The molecule has 0 radical (unpaired) electrons. The SMILES string of the molecule is CC(=CCC(C)c1ccccc1O)NC1=NC(c2ccc(C)s2)C2C(=O)CCCC2=N1. The minimum atomic E-state index is -0.220. The van der Waals surface area contributed by atoms with Crippen LogP contribution in [-0.4, -0.2) is 22.6 Å². The molecular weight excluding hydrogens is 406 g/mol. The van der Waals surface area contributed by atoms with E-state index < -0.39 is 0 Å². The van der Waals surface area contributed by atoms with E-state index in [1.807, 2.05) is 25.1 Å². The zero-order chi connectivity index (χ0) is 22.0. The number of nitrogens with one attached hydrogen (secondary N) is 1. The number of carbonyl (C=O) groups excluding carboxylic acids is 1. The van der Waals surface area contributed by atoms with Crippen molar-refractivity contribution < 1.29 is 9.90 Å². The van der Waals surface area contributed by atoms with Crippen molar-refractivity contribution in [3.05, 3.63) is 63.5 Å². The largest absolute Gasteiger partial charge is 0.508 e. The van der Waals surface area contributed by atoms with Gasteiger partial charge in [-0.25, -0.2) is 9.98 Å². The van der Waals surface area contributed by atoms with Gasteiger partial charge in [0.1, 0.15) is 17.6 Å². The summed E-state index contributed by atoms with van der Waals surface area (Å²) < 4.78 is 0. The maximum atomic E-state index is 12.7. The Labute approximate surface area is 187 Å². The number of aryl methyl sites for hydroxylation is 1. The molecule has 2 heterocycles. The van der Waals surface area contributed by atoms with Gasteiger partial charge in [-0.3, -0.25) is 4.79 Å². The second kappa shape index (κ2) is 9.18. The normalized spacial score (nSPS) is 22.4. The van der Waals surface area contributed by atoms with Gasteiger partial charge in [0.15, 0.2) is 0 Å². The van der Waals surface area contributed by atoms with Crippen LogP contribution in [0, 0.1) is 12.8 Å². The maximum absolute atomic E-state index is 12.7. The summed E-state index contributed by atoms with van der Waals surface area (Å²) in [5.41, 5.74) is 2.87. The first-order valence-electron chi connectivity index (χ1n) is 10.9. The number of benzene rings is 1. The molecule has 1 aliphatic heterocycles. The predicted molar refractivity (Wildman–Crippen MR) is 127 cm³/mol. The number of para-hydroxylation sites is 1. The van der Waals surface area contributed by atoms with Crippen molar-refractivity contribution in [1.29, 1.82) is 0 Å². The van der Waals surface area contributed by atoms with Crippen LogP contribution in [0.25, 0.3) is 0 Å². The second-order valence-corrected chi connectivity index (χ2v) is 9.77. The lowest BCUT2D eigenvalue weighted by Gasteiger charge is -2.31. The van der Waals surface area contributed by atoms with E-state index in [1.165, 1.54) is 4.88 Å². The summed E-state index contributed by atoms with van der Waals surface area (Å²) >= 11 is 1.71. The van der Waals surface area contributed by atoms with Crippen molar-refractivity contribution in [2.75, 3.05) is 0 Å². The molecule has 162 valence electrons. The highest BCUT2D eigenvalue weighted by atomic mass is 32.1. The Balaban J connectivity index is 1.52. The number of hydrogen-bond acceptors (Lipinski definition) is 6. The molecule has 3 atom stereocenters. The smallest absolute Gasteiger partial charge is 0.222 e. The summed E-state index contributed by atoms with van der Waals surface area (Å²) in [4.78, 5) is 24.6. The summed E-state index contributed by atoms with van der Waals surface area (Å²) in [6.07, 6.45) is 5.23. The Hall–Kier alpha value is -2.73. The number of phenols is 1. The summed E-state index contributed by atoms with van der Waals surface area (Å²) in [6, 6.07) is 11.5. The number of hydrogen-bond donors (Lipinski definition) is 2. The number of fused-ring (bicyclic) bond motifs is 1. The number of guanidine groups is 1. The Morgan fingerprint density at radius 2 is 2.10 bits per heavy atom. The summed E-state index contributed by atoms with van der Waals surface area (Å²) in [5.74, 6) is 1.15. The molecule has 0 spiro atoms. The van der Waals surface area contributed by atoms with Crippen molar-refractivity contribution in [3.8, 4) is 5.75 Å². The number of carbonyl (C=O) groups is 1. The Morgan fingerprint density at radius 1 is 1.29 bits per heavy atom. The van der Waals surface area contributed by atoms with E-state index in [0.717, 1.165) is 41.1 Å². The van der Waals surface area contributed by atoms with Crippen LogP contribution in [0.2, 0.25) is 0 Å². The van der Waals surface area contributed by atoms with Gasteiger partial charge in [-0.1, -0.05) is 31.2 Å². The van der Waals surface area contributed by atoms with Crippen molar-refractivity contribution in [2.45, 2.75) is 58.4 Å². The highest BCUT2D eigenvalue weighted by molar-refractivity contribution is 7.12. The molecule has 31 heavy (non-hydrogen) atoms. The fraction of sp³-hybridized carbons (Fsp3) is 0.400. The lowest BCUT2D eigenvalue weighted by atomic mass is 9.80. The molecule has 2 N–H and O–H groups in total. The monoisotopic (exact) mass is 435 g/mol. The van der Waals surface area contributed by atoms with Crippen molar-refractivity contribution in [2.24, 2.45) is 15.9 Å². The quantitative estimate of drug-likeness (QED) is 0.635. The van der Waals surface area contributed by atoms with Crippen LogP contribution in [-0.2, 0) is 4.79 Å². The molecule has 0 bridgehead atoms. The molecule has 5 nitrogen and oxygen atoms in total. The van der Waals surface area contributed by atoms with Crippen LogP contribution < -0.4 is 5.32 Å². The number of aliphatic imine (C=N–C) groups is 2. The molecule has 1 aliphatic carbocycles. The number of nitrogens with zero attached hydrogens (tertiary/aromatic N) is 2. The molecule has 2 aromatic rings. The molecule has 0 saturated heterocycles. The number of aromatic hydroxyl groups is 1. The van der Waals surface area contributed by atoms with Crippen LogP contribution in [0.3, 0.4) is 0 Å². The van der Waals surface area contributed by atoms with Gasteiger partial charge in [0.25, 0.3) is 0 Å². The predicted octanol–water partition coefficient (Wildman–Crippen LogP) is 5.67. The highest BCUT2D eigenvalue weighted by Gasteiger charge is 2.39. The fourth-order valence-corrected chi connectivity index (χ4v) is 5.26. The average Bonchev–Trinajstić information content (AvgIpc) is 3.18. The number of allylic oxidation sites excluding steroid dienone is 2. The van der Waals surface area contributed by atoms with Crippen LogP contribution in [0.5, 0.6) is 5.75 Å². The number of rotatable bonds is 5. The number of ketones is 1. The first kappa shape index (κ1) is 21.5. The van der Waals surface area contributed by atoms with Gasteiger partial charge in [-0.05, 0) is 62.8 Å². The minimum absolute atomic E-state index is 0.186. The number of Topliss-reactive ketones (excluding diaryl/α,β-unsaturated/α-hetero) is 1. The Bertz CT molecular complexity index is 1070. The molecule has 1 aromatic carbocycles. The van der Waals surface area contributed by atoms with Gasteiger partial charge in [-0.15, -0.1) is 11.3 Å². The zero-order valence-electron chi connectivity index (χ0n) is 18.3. The summed E-state index contributed by atoms with van der Waals surface area (Å²) in [5, 5.41) is 13.4. The van der Waals surface area contributed by atoms with Crippen LogP contribution in [0.15, 0.2) is 58.2 Å². The van der Waals surface area contributed by atoms with E-state index in [2.05, 4.69) is 37.4 Å². The van der Waals surface area contributed by atoms with E-state index in [1.54, 1.807) is 17.4 Å². The summed E-state index contributed by atoms with van der Waals surface area (Å²) in [7, 11) is 0. The van der Waals surface area contributed by atoms with Crippen LogP contribution in [0.1, 0.15) is 66.8 Å². The minimum Gasteiger partial charge on any atom is -0.508 e. The van der Waals surface area contributed by atoms with Gasteiger partial charge >= 0.3 is 0 Å². The van der Waals surface area contributed by atoms with Gasteiger partial charge in [0.05, 0.1) is 5.92 Å². The molecule has 1 fully saturated rings. The lowest BCUT2D eigenvalue weighted by molar-refractivity contribution is -0.122. The van der Waals surface area contributed by atoms with Crippen molar-refractivity contribution >= 4 is 28.8 Å². The van der Waals surface area contributed by atoms with E-state index in [4.69, 9.17) is 9.98 Å². The first-order valence-corrected chi connectivity index (χ1v) is 11.7. The molecule has 2 aliphatic rings. The van der Waals surface area contributed by atoms with Crippen molar-refractivity contribution in [1.82, 2.24) is 5.32 Å². The van der Waals surface area contributed by atoms with E-state index in [9.17, 15) is 9.90 Å². The average molecular weight is 436 g/mol. The number of thiophene rings is 1. The van der Waals surface area contributed by atoms with E-state index in [-0.39, 0.29) is 23.7 Å². The molecule has 0 amide bonds. The molecule has 1 saturated carbocycles. The zero-order valence-corrected chi connectivity index (χ0v) is 19.1. The van der Waals surface area contributed by atoms with Crippen LogP contribution >= 0.6 is 11.3 Å². The second-order valence-electron chi connectivity index (χ2n) is 8.45. The molecule has 3 unspecified atom stereocenters. The Kier molecular flexibility index (Phi) is 6.37. The van der Waals surface area contributed by atoms with Crippen LogP contribution in [0.4, 0.5) is 0 Å². The highest BCUT2D eigenvalue weighted by Crippen LogP contribution is 2.39. The maximum Gasteiger partial charge on any atom is 0.222 e. The molecule has 6 heteroatoms. The first-order chi connectivity index (χ1) is 14.9. The molecule has 4 rings (SSSR count). The van der Waals surface area contributed by atoms with Crippen molar-refractivity contribution in [3.63, 3.8) is 0 Å². The van der Waals surface area contributed by atoms with Gasteiger partial charge in [-0.2, -0.15) is 0 Å². The van der Waals surface area contributed by atoms with Gasteiger partial charge in [0, 0.05) is 27.6 Å². The van der Waals surface area contributed by atoms with Gasteiger partial charge < -0.3 is 10.4 Å². The lowest BCUT2D eigenvalue weighted by Crippen LogP contribution is -2.38. The Morgan fingerprint density at radius 3 is 2.84 bits per heavy atom. The molecule has 1 aromatic heterocycles.